The molecule has 1 heterocycles. The number of aromatic nitrogens is 2. The van der Waals surface area contributed by atoms with Crippen LogP contribution in [0.5, 0.6) is 0 Å². The number of hydrogen-bond donors (Lipinski definition) is 0. The molecule has 2 saturated carbocycles. The maximum absolute atomic E-state index is 6.28. The van der Waals surface area contributed by atoms with Crippen LogP contribution in [0, 0.1) is 11.8 Å². The van der Waals surface area contributed by atoms with Gasteiger partial charge in [-0.2, -0.15) is 0 Å². The lowest BCUT2D eigenvalue weighted by molar-refractivity contribution is 0.396. The Bertz CT molecular complexity index is 614. The Labute approximate surface area is 122 Å². The van der Waals surface area contributed by atoms with Crippen molar-refractivity contribution in [3.63, 3.8) is 0 Å². The SMILES string of the molecule is ClCc1nc2c(Cl)cccc2n1C(C1CC1)C1CC1. The summed E-state index contributed by atoms with van der Waals surface area (Å²) in [6, 6.07) is 6.64. The van der Waals surface area contributed by atoms with E-state index in [1.165, 1.54) is 25.7 Å². The monoisotopic (exact) mass is 294 g/mol. The van der Waals surface area contributed by atoms with Crippen molar-refractivity contribution in [1.82, 2.24) is 9.55 Å². The van der Waals surface area contributed by atoms with E-state index < -0.39 is 0 Å². The van der Waals surface area contributed by atoms with Crippen LogP contribution in [0.25, 0.3) is 11.0 Å². The van der Waals surface area contributed by atoms with Gasteiger partial charge in [-0.25, -0.2) is 4.98 Å². The average molecular weight is 295 g/mol. The zero-order valence-corrected chi connectivity index (χ0v) is 12.2. The molecule has 100 valence electrons. The first-order valence-corrected chi connectivity index (χ1v) is 7.92. The van der Waals surface area contributed by atoms with Crippen LogP contribution in [-0.4, -0.2) is 9.55 Å². The average Bonchev–Trinajstić information content (AvgIpc) is 3.29. The van der Waals surface area contributed by atoms with E-state index in [2.05, 4.69) is 15.6 Å². The maximum atomic E-state index is 6.28. The van der Waals surface area contributed by atoms with Gasteiger partial charge >= 0.3 is 0 Å². The van der Waals surface area contributed by atoms with Crippen molar-refractivity contribution in [1.29, 1.82) is 0 Å². The van der Waals surface area contributed by atoms with Crippen molar-refractivity contribution < 1.29 is 0 Å². The van der Waals surface area contributed by atoms with Gasteiger partial charge in [-0.1, -0.05) is 17.7 Å². The van der Waals surface area contributed by atoms with Gasteiger partial charge in [-0.3, -0.25) is 0 Å². The lowest BCUT2D eigenvalue weighted by Crippen LogP contribution is -2.15. The molecule has 0 spiro atoms. The highest BCUT2D eigenvalue weighted by Crippen LogP contribution is 2.53. The van der Waals surface area contributed by atoms with Gasteiger partial charge in [0.25, 0.3) is 0 Å². The topological polar surface area (TPSA) is 17.8 Å². The third-order valence-electron chi connectivity index (χ3n) is 4.37. The predicted octanol–water partition coefficient (Wildman–Crippen LogP) is 4.79. The van der Waals surface area contributed by atoms with Gasteiger partial charge in [0.2, 0.25) is 0 Å². The fourth-order valence-electron chi connectivity index (χ4n) is 3.24. The van der Waals surface area contributed by atoms with Crippen molar-refractivity contribution in [2.24, 2.45) is 11.8 Å². The Morgan fingerprint density at radius 2 is 1.89 bits per heavy atom. The van der Waals surface area contributed by atoms with Crippen molar-refractivity contribution >= 4 is 34.2 Å². The summed E-state index contributed by atoms with van der Waals surface area (Å²) in [5, 5.41) is 0.730. The highest BCUT2D eigenvalue weighted by Gasteiger charge is 2.43. The van der Waals surface area contributed by atoms with Crippen LogP contribution in [0.3, 0.4) is 0 Å². The number of halogens is 2. The molecule has 0 saturated heterocycles. The standard InChI is InChI=1S/C15H16Cl2N2/c16-8-13-18-14-11(17)2-1-3-12(14)19(13)15(9-4-5-9)10-6-7-10/h1-3,9-10,15H,4-8H2. The number of benzene rings is 1. The van der Waals surface area contributed by atoms with E-state index in [1.807, 2.05) is 12.1 Å². The first kappa shape index (κ1) is 12.0. The quantitative estimate of drug-likeness (QED) is 0.741. The molecule has 0 atom stereocenters. The summed E-state index contributed by atoms with van der Waals surface area (Å²) >= 11 is 12.4. The molecule has 2 aromatic rings. The largest absolute Gasteiger partial charge is 0.323 e. The fourth-order valence-corrected chi connectivity index (χ4v) is 3.64. The number of para-hydroxylation sites is 1. The minimum absolute atomic E-state index is 0.459. The Morgan fingerprint density at radius 3 is 2.47 bits per heavy atom. The third kappa shape index (κ3) is 1.96. The van der Waals surface area contributed by atoms with Gasteiger partial charge in [-0.05, 0) is 49.7 Å². The highest BCUT2D eigenvalue weighted by molar-refractivity contribution is 6.35. The molecule has 2 nitrogen and oxygen atoms in total. The Balaban J connectivity index is 1.93. The molecular formula is C15H16Cl2N2. The minimum atomic E-state index is 0.459. The third-order valence-corrected chi connectivity index (χ3v) is 4.92. The fraction of sp³-hybridized carbons (Fsp3) is 0.533. The molecular weight excluding hydrogens is 279 g/mol. The Kier molecular flexibility index (Phi) is 2.78. The number of rotatable bonds is 4. The van der Waals surface area contributed by atoms with Crippen LogP contribution in [-0.2, 0) is 5.88 Å². The van der Waals surface area contributed by atoms with Crippen molar-refractivity contribution in [2.45, 2.75) is 37.6 Å². The van der Waals surface area contributed by atoms with Gasteiger partial charge in [-0.15, -0.1) is 11.6 Å². The van der Waals surface area contributed by atoms with Gasteiger partial charge in [0.05, 0.1) is 16.4 Å². The first-order valence-electron chi connectivity index (χ1n) is 7.01. The first-order chi connectivity index (χ1) is 9.29. The molecule has 0 aliphatic heterocycles. The van der Waals surface area contributed by atoms with Crippen molar-refractivity contribution in [3.8, 4) is 0 Å². The highest BCUT2D eigenvalue weighted by atomic mass is 35.5. The summed E-state index contributed by atoms with van der Waals surface area (Å²) in [5.41, 5.74) is 2.07. The van der Waals surface area contributed by atoms with E-state index >= 15 is 0 Å². The lowest BCUT2D eigenvalue weighted by Gasteiger charge is -2.21. The number of hydrogen-bond acceptors (Lipinski definition) is 1. The number of nitrogens with zero attached hydrogens (tertiary/aromatic N) is 2. The van der Waals surface area contributed by atoms with E-state index in [4.69, 9.17) is 23.2 Å². The van der Waals surface area contributed by atoms with Crippen LogP contribution in [0.15, 0.2) is 18.2 Å². The van der Waals surface area contributed by atoms with E-state index in [0.717, 1.165) is 33.7 Å². The van der Waals surface area contributed by atoms with Crippen molar-refractivity contribution in [3.05, 3.63) is 29.0 Å². The molecule has 0 radical (unpaired) electrons. The Hall–Kier alpha value is -0.730. The van der Waals surface area contributed by atoms with Crippen LogP contribution in [0.2, 0.25) is 5.02 Å². The lowest BCUT2D eigenvalue weighted by atomic mass is 10.1. The molecule has 0 bridgehead atoms. The second-order valence-electron chi connectivity index (χ2n) is 5.80. The second kappa shape index (κ2) is 4.39. The molecule has 4 rings (SSSR count). The van der Waals surface area contributed by atoms with Crippen LogP contribution in [0.4, 0.5) is 0 Å². The summed E-state index contributed by atoms with van der Waals surface area (Å²) < 4.78 is 2.39. The maximum Gasteiger partial charge on any atom is 0.125 e. The summed E-state index contributed by atoms with van der Waals surface area (Å²) in [7, 11) is 0. The number of imidazole rings is 1. The minimum Gasteiger partial charge on any atom is -0.323 e. The summed E-state index contributed by atoms with van der Waals surface area (Å²) in [6.07, 6.45) is 5.40. The molecule has 0 unspecified atom stereocenters. The molecule has 1 aromatic carbocycles. The van der Waals surface area contributed by atoms with E-state index in [9.17, 15) is 0 Å². The molecule has 1 aromatic heterocycles. The summed E-state index contributed by atoms with van der Waals surface area (Å²) in [5.74, 6) is 3.09. The normalized spacial score (nSPS) is 19.5. The molecule has 2 aliphatic carbocycles. The Morgan fingerprint density at radius 1 is 1.21 bits per heavy atom. The van der Waals surface area contributed by atoms with Crippen LogP contribution >= 0.6 is 23.2 Å². The second-order valence-corrected chi connectivity index (χ2v) is 6.48. The number of fused-ring (bicyclic) bond motifs is 1. The van der Waals surface area contributed by atoms with Gasteiger partial charge in [0.1, 0.15) is 11.3 Å². The van der Waals surface area contributed by atoms with Gasteiger partial charge in [0.15, 0.2) is 0 Å². The summed E-state index contributed by atoms with van der Waals surface area (Å²) in [4.78, 5) is 4.67. The van der Waals surface area contributed by atoms with E-state index in [0.29, 0.717) is 11.9 Å². The zero-order valence-electron chi connectivity index (χ0n) is 10.6. The van der Waals surface area contributed by atoms with E-state index in [-0.39, 0.29) is 0 Å². The van der Waals surface area contributed by atoms with Gasteiger partial charge < -0.3 is 4.57 Å². The van der Waals surface area contributed by atoms with Gasteiger partial charge in [0, 0.05) is 6.04 Å². The van der Waals surface area contributed by atoms with Crippen LogP contribution in [0.1, 0.15) is 37.5 Å². The smallest absolute Gasteiger partial charge is 0.125 e. The van der Waals surface area contributed by atoms with Crippen molar-refractivity contribution in [2.75, 3.05) is 0 Å². The zero-order chi connectivity index (χ0) is 13.0. The molecule has 0 N–H and O–H groups in total. The molecule has 2 aliphatic rings. The molecule has 4 heteroatoms. The number of alkyl halides is 1. The molecule has 19 heavy (non-hydrogen) atoms. The summed E-state index contributed by atoms with van der Waals surface area (Å²) in [6.45, 7) is 0. The van der Waals surface area contributed by atoms with E-state index in [1.54, 1.807) is 0 Å². The van der Waals surface area contributed by atoms with Crippen LogP contribution < -0.4 is 0 Å². The molecule has 0 amide bonds. The molecule has 2 fully saturated rings. The predicted molar refractivity (Wildman–Crippen MR) is 78.8 cm³/mol.